The van der Waals surface area contributed by atoms with Crippen molar-refractivity contribution in [2.75, 3.05) is 7.11 Å². The average Bonchev–Trinajstić information content (AvgIpc) is 3.10. The molecule has 0 amide bonds. The van der Waals surface area contributed by atoms with Crippen LogP contribution in [0.3, 0.4) is 0 Å². The fourth-order valence-electron chi connectivity index (χ4n) is 2.20. The SMILES string of the molecule is COc1ccc(-n2nnnc2SC(C)C(=O)c2ccc(Br)cc2)cc1. The lowest BCUT2D eigenvalue weighted by molar-refractivity contribution is 0.0994. The van der Waals surface area contributed by atoms with E-state index in [0.29, 0.717) is 10.7 Å². The molecule has 0 saturated heterocycles. The number of aromatic nitrogens is 4. The van der Waals surface area contributed by atoms with Gasteiger partial charge in [-0.15, -0.1) is 5.10 Å². The van der Waals surface area contributed by atoms with E-state index in [2.05, 4.69) is 31.5 Å². The topological polar surface area (TPSA) is 69.9 Å². The molecule has 3 rings (SSSR count). The van der Waals surface area contributed by atoms with Crippen LogP contribution in [0.4, 0.5) is 0 Å². The lowest BCUT2D eigenvalue weighted by Gasteiger charge is -2.10. The first-order chi connectivity index (χ1) is 12.1. The number of benzene rings is 2. The van der Waals surface area contributed by atoms with Gasteiger partial charge in [0.2, 0.25) is 5.16 Å². The molecule has 0 spiro atoms. The number of rotatable bonds is 6. The molecule has 0 radical (unpaired) electrons. The van der Waals surface area contributed by atoms with E-state index in [1.807, 2.05) is 43.3 Å². The standard InChI is InChI=1S/C17H15BrN4O2S/c1-11(16(23)12-3-5-13(18)6-4-12)25-17-19-20-21-22(17)14-7-9-15(24-2)10-8-14/h3-11H,1-2H3. The average molecular weight is 419 g/mol. The van der Waals surface area contributed by atoms with Gasteiger partial charge in [0.1, 0.15) is 5.75 Å². The normalized spacial score (nSPS) is 12.0. The van der Waals surface area contributed by atoms with Crippen LogP contribution in [0.15, 0.2) is 58.2 Å². The second-order valence-corrected chi connectivity index (χ2v) is 7.43. The van der Waals surface area contributed by atoms with E-state index < -0.39 is 0 Å². The minimum Gasteiger partial charge on any atom is -0.497 e. The van der Waals surface area contributed by atoms with Gasteiger partial charge in [-0.2, -0.15) is 4.68 Å². The largest absolute Gasteiger partial charge is 0.497 e. The molecule has 1 unspecified atom stereocenters. The number of hydrogen-bond acceptors (Lipinski definition) is 6. The highest BCUT2D eigenvalue weighted by Crippen LogP contribution is 2.26. The van der Waals surface area contributed by atoms with Gasteiger partial charge in [0, 0.05) is 10.0 Å². The van der Waals surface area contributed by atoms with Crippen LogP contribution in [0.25, 0.3) is 5.69 Å². The van der Waals surface area contributed by atoms with E-state index in [-0.39, 0.29) is 11.0 Å². The van der Waals surface area contributed by atoms with E-state index in [9.17, 15) is 4.79 Å². The van der Waals surface area contributed by atoms with Crippen LogP contribution < -0.4 is 4.74 Å². The van der Waals surface area contributed by atoms with Crippen molar-refractivity contribution in [2.24, 2.45) is 0 Å². The predicted octanol–water partition coefficient (Wildman–Crippen LogP) is 3.80. The molecule has 1 atom stereocenters. The zero-order chi connectivity index (χ0) is 17.8. The highest BCUT2D eigenvalue weighted by Gasteiger charge is 2.20. The molecule has 0 aliphatic carbocycles. The molecule has 128 valence electrons. The number of Topliss-reactive ketones (excluding diaryl/α,β-unsaturated/α-hetero) is 1. The Bertz CT molecular complexity index is 865. The summed E-state index contributed by atoms with van der Waals surface area (Å²) in [6, 6.07) is 14.7. The first-order valence-corrected chi connectivity index (χ1v) is 9.15. The summed E-state index contributed by atoms with van der Waals surface area (Å²) in [5, 5.41) is 12.0. The van der Waals surface area contributed by atoms with Crippen LogP contribution in [0.2, 0.25) is 0 Å². The molecule has 2 aromatic carbocycles. The maximum atomic E-state index is 12.6. The number of carbonyl (C=O) groups excluding carboxylic acids is 1. The van der Waals surface area contributed by atoms with Gasteiger partial charge in [0.15, 0.2) is 5.78 Å². The molecule has 8 heteroatoms. The maximum absolute atomic E-state index is 12.6. The first kappa shape index (κ1) is 17.6. The van der Waals surface area contributed by atoms with Crippen molar-refractivity contribution in [3.05, 3.63) is 58.6 Å². The molecule has 0 aliphatic rings. The Morgan fingerprint density at radius 3 is 2.48 bits per heavy atom. The van der Waals surface area contributed by atoms with Crippen LogP contribution >= 0.6 is 27.7 Å². The van der Waals surface area contributed by atoms with Crippen LogP contribution in [0, 0.1) is 0 Å². The third-order valence-electron chi connectivity index (χ3n) is 3.54. The summed E-state index contributed by atoms with van der Waals surface area (Å²) >= 11 is 4.69. The number of thioether (sulfide) groups is 1. The molecule has 1 heterocycles. The van der Waals surface area contributed by atoms with Crippen LogP contribution in [-0.2, 0) is 0 Å². The number of ketones is 1. The zero-order valence-corrected chi connectivity index (χ0v) is 16.0. The number of nitrogens with zero attached hydrogens (tertiary/aromatic N) is 4. The quantitative estimate of drug-likeness (QED) is 0.447. The number of methoxy groups -OCH3 is 1. The van der Waals surface area contributed by atoms with Gasteiger partial charge >= 0.3 is 0 Å². The second-order valence-electron chi connectivity index (χ2n) is 5.20. The summed E-state index contributed by atoms with van der Waals surface area (Å²) in [5.74, 6) is 0.784. The Balaban J connectivity index is 1.78. The van der Waals surface area contributed by atoms with Crippen molar-refractivity contribution in [3.8, 4) is 11.4 Å². The third kappa shape index (κ3) is 4.08. The highest BCUT2D eigenvalue weighted by atomic mass is 79.9. The summed E-state index contributed by atoms with van der Waals surface area (Å²) in [6.45, 7) is 1.85. The molecule has 1 aromatic heterocycles. The lowest BCUT2D eigenvalue weighted by Crippen LogP contribution is -2.14. The Morgan fingerprint density at radius 1 is 1.16 bits per heavy atom. The Morgan fingerprint density at radius 2 is 1.84 bits per heavy atom. The van der Waals surface area contributed by atoms with Gasteiger partial charge in [0.25, 0.3) is 0 Å². The number of halogens is 1. The van der Waals surface area contributed by atoms with Gasteiger partial charge in [-0.05, 0) is 53.7 Å². The number of hydrogen-bond donors (Lipinski definition) is 0. The minimum atomic E-state index is -0.316. The van der Waals surface area contributed by atoms with Crippen molar-refractivity contribution in [2.45, 2.75) is 17.3 Å². The Labute approximate surface area is 157 Å². The van der Waals surface area contributed by atoms with Gasteiger partial charge in [0.05, 0.1) is 18.0 Å². The zero-order valence-electron chi connectivity index (χ0n) is 13.6. The maximum Gasteiger partial charge on any atom is 0.214 e. The van der Waals surface area contributed by atoms with E-state index >= 15 is 0 Å². The number of carbonyl (C=O) groups is 1. The number of tetrazole rings is 1. The molecule has 0 aliphatic heterocycles. The molecule has 0 fully saturated rings. The van der Waals surface area contributed by atoms with Crippen molar-refractivity contribution < 1.29 is 9.53 Å². The number of ether oxygens (including phenoxy) is 1. The summed E-state index contributed by atoms with van der Waals surface area (Å²) in [7, 11) is 1.61. The molecule has 0 saturated carbocycles. The van der Waals surface area contributed by atoms with E-state index in [4.69, 9.17) is 4.74 Å². The molecular formula is C17H15BrN4O2S. The summed E-state index contributed by atoms with van der Waals surface area (Å²) < 4.78 is 7.70. The monoisotopic (exact) mass is 418 g/mol. The Kier molecular flexibility index (Phi) is 5.50. The van der Waals surface area contributed by atoms with Crippen LogP contribution in [-0.4, -0.2) is 38.4 Å². The van der Waals surface area contributed by atoms with Gasteiger partial charge in [-0.3, -0.25) is 4.79 Å². The van der Waals surface area contributed by atoms with Crippen molar-refractivity contribution in [3.63, 3.8) is 0 Å². The van der Waals surface area contributed by atoms with Crippen molar-refractivity contribution >= 4 is 33.5 Å². The van der Waals surface area contributed by atoms with Crippen molar-refractivity contribution in [1.29, 1.82) is 0 Å². The van der Waals surface area contributed by atoms with Gasteiger partial charge in [-0.1, -0.05) is 39.8 Å². The molecule has 25 heavy (non-hydrogen) atoms. The third-order valence-corrected chi connectivity index (χ3v) is 5.10. The van der Waals surface area contributed by atoms with Crippen LogP contribution in [0.5, 0.6) is 5.75 Å². The summed E-state index contributed by atoms with van der Waals surface area (Å²) in [4.78, 5) is 12.6. The summed E-state index contributed by atoms with van der Waals surface area (Å²) in [6.07, 6.45) is 0. The molecule has 0 N–H and O–H groups in total. The molecule has 3 aromatic rings. The van der Waals surface area contributed by atoms with E-state index in [1.54, 1.807) is 23.9 Å². The smallest absolute Gasteiger partial charge is 0.214 e. The first-order valence-electron chi connectivity index (χ1n) is 7.47. The van der Waals surface area contributed by atoms with Crippen molar-refractivity contribution in [1.82, 2.24) is 20.2 Å². The fourth-order valence-corrected chi connectivity index (χ4v) is 3.35. The highest BCUT2D eigenvalue weighted by molar-refractivity contribution is 9.10. The predicted molar refractivity (Wildman–Crippen MR) is 99.5 cm³/mol. The van der Waals surface area contributed by atoms with E-state index in [0.717, 1.165) is 15.9 Å². The second kappa shape index (κ2) is 7.79. The van der Waals surface area contributed by atoms with Gasteiger partial charge < -0.3 is 4.74 Å². The lowest BCUT2D eigenvalue weighted by atomic mass is 10.1. The summed E-state index contributed by atoms with van der Waals surface area (Å²) in [5.41, 5.74) is 1.46. The Hall–Kier alpha value is -2.19. The molecular weight excluding hydrogens is 404 g/mol. The van der Waals surface area contributed by atoms with E-state index in [1.165, 1.54) is 11.8 Å². The minimum absolute atomic E-state index is 0.0294. The van der Waals surface area contributed by atoms with Gasteiger partial charge in [-0.25, -0.2) is 0 Å². The molecule has 6 nitrogen and oxygen atoms in total. The van der Waals surface area contributed by atoms with Crippen LogP contribution in [0.1, 0.15) is 17.3 Å². The molecule has 0 bridgehead atoms. The fraction of sp³-hybridized carbons (Fsp3) is 0.176.